The van der Waals surface area contributed by atoms with E-state index in [0.29, 0.717) is 28.6 Å². The van der Waals surface area contributed by atoms with Gasteiger partial charge >= 0.3 is 0 Å². The van der Waals surface area contributed by atoms with Crippen LogP contribution in [0.3, 0.4) is 0 Å². The number of methoxy groups -OCH3 is 4. The fourth-order valence-electron chi connectivity index (χ4n) is 3.42. The van der Waals surface area contributed by atoms with Gasteiger partial charge in [-0.05, 0) is 41.6 Å². The minimum Gasteiger partial charge on any atom is -0.496 e. The van der Waals surface area contributed by atoms with Crippen molar-refractivity contribution in [3.63, 3.8) is 0 Å². The molecule has 1 aliphatic heterocycles. The van der Waals surface area contributed by atoms with E-state index >= 15 is 0 Å². The summed E-state index contributed by atoms with van der Waals surface area (Å²) in [7, 11) is 6.04. The van der Waals surface area contributed by atoms with Gasteiger partial charge in [-0.1, -0.05) is 18.2 Å². The zero-order valence-electron chi connectivity index (χ0n) is 19.4. The number of nitrogens with one attached hydrogen (secondary N) is 1. The van der Waals surface area contributed by atoms with Crippen LogP contribution in [0.25, 0.3) is 6.08 Å². The summed E-state index contributed by atoms with van der Waals surface area (Å²) in [6.45, 7) is 0.207. The summed E-state index contributed by atoms with van der Waals surface area (Å²) in [4.78, 5) is 38.9. The Morgan fingerprint density at radius 1 is 0.971 bits per heavy atom. The van der Waals surface area contributed by atoms with Gasteiger partial charge in [0, 0.05) is 18.7 Å². The van der Waals surface area contributed by atoms with Gasteiger partial charge in [0.2, 0.25) is 11.7 Å². The summed E-state index contributed by atoms with van der Waals surface area (Å²) in [6.07, 6.45) is 1.72. The number of hydrogen-bond donors (Lipinski definition) is 1. The number of carbonyl (C=O) groups excluding carboxylic acids is 3. The molecule has 0 aromatic heterocycles. The highest BCUT2D eigenvalue weighted by Crippen LogP contribution is 2.40. The number of carbonyl (C=O) groups is 3. The van der Waals surface area contributed by atoms with Crippen molar-refractivity contribution in [3.05, 3.63) is 52.4 Å². The van der Waals surface area contributed by atoms with E-state index in [2.05, 4.69) is 5.32 Å². The first-order valence-corrected chi connectivity index (χ1v) is 11.2. The van der Waals surface area contributed by atoms with Crippen LogP contribution in [-0.4, -0.2) is 63.5 Å². The lowest BCUT2D eigenvalue weighted by Gasteiger charge is -2.14. The van der Waals surface area contributed by atoms with Gasteiger partial charge < -0.3 is 24.3 Å². The topological polar surface area (TPSA) is 103 Å². The van der Waals surface area contributed by atoms with Crippen molar-refractivity contribution in [3.8, 4) is 23.0 Å². The van der Waals surface area contributed by atoms with Crippen molar-refractivity contribution in [1.82, 2.24) is 10.2 Å². The van der Waals surface area contributed by atoms with Gasteiger partial charge in [-0.3, -0.25) is 19.3 Å². The molecule has 0 atom stereocenters. The first-order chi connectivity index (χ1) is 16.4. The van der Waals surface area contributed by atoms with Gasteiger partial charge in [0.15, 0.2) is 11.5 Å². The number of amides is 3. The SMILES string of the molecule is COc1ccccc1CC(=O)NCCN1C(=O)SC(=Cc2cc(OC)c(OC)c(OC)c2)C1=O. The van der Waals surface area contributed by atoms with E-state index in [4.69, 9.17) is 18.9 Å². The highest BCUT2D eigenvalue weighted by Gasteiger charge is 2.34. The second-order valence-electron chi connectivity index (χ2n) is 7.13. The third kappa shape index (κ3) is 5.63. The highest BCUT2D eigenvalue weighted by atomic mass is 32.2. The van der Waals surface area contributed by atoms with E-state index in [9.17, 15) is 14.4 Å². The van der Waals surface area contributed by atoms with Crippen LogP contribution in [0.4, 0.5) is 4.79 Å². The molecule has 10 heteroatoms. The minimum absolute atomic E-state index is 0.0644. The molecule has 9 nitrogen and oxygen atoms in total. The average molecular weight is 487 g/mol. The van der Waals surface area contributed by atoms with E-state index in [1.807, 2.05) is 18.2 Å². The lowest BCUT2D eigenvalue weighted by molar-refractivity contribution is -0.124. The van der Waals surface area contributed by atoms with Crippen LogP contribution in [0.5, 0.6) is 23.0 Å². The molecule has 0 radical (unpaired) electrons. The van der Waals surface area contributed by atoms with Crippen LogP contribution in [0.15, 0.2) is 41.3 Å². The maximum atomic E-state index is 12.8. The van der Waals surface area contributed by atoms with Crippen molar-refractivity contribution in [2.75, 3.05) is 41.5 Å². The number of rotatable bonds is 10. The van der Waals surface area contributed by atoms with Gasteiger partial charge in [-0.15, -0.1) is 0 Å². The number of para-hydroxylation sites is 1. The van der Waals surface area contributed by atoms with Crippen LogP contribution < -0.4 is 24.3 Å². The fraction of sp³-hybridized carbons (Fsp3) is 0.292. The molecule has 34 heavy (non-hydrogen) atoms. The van der Waals surface area contributed by atoms with Crippen LogP contribution in [-0.2, 0) is 16.0 Å². The number of benzene rings is 2. The predicted octanol–water partition coefficient (Wildman–Crippen LogP) is 3.12. The van der Waals surface area contributed by atoms with Crippen molar-refractivity contribution < 1.29 is 33.3 Å². The Balaban J connectivity index is 1.63. The Morgan fingerprint density at radius 2 is 1.62 bits per heavy atom. The Bertz CT molecular complexity index is 1090. The van der Waals surface area contributed by atoms with Crippen molar-refractivity contribution in [2.24, 2.45) is 0 Å². The largest absolute Gasteiger partial charge is 0.496 e. The van der Waals surface area contributed by atoms with Gasteiger partial charge in [-0.25, -0.2) is 0 Å². The molecular formula is C24H26N2O7S. The molecule has 1 saturated heterocycles. The van der Waals surface area contributed by atoms with E-state index in [1.54, 1.807) is 31.4 Å². The lowest BCUT2D eigenvalue weighted by atomic mass is 10.1. The number of nitrogens with zero attached hydrogens (tertiary/aromatic N) is 1. The van der Waals surface area contributed by atoms with E-state index < -0.39 is 11.1 Å². The van der Waals surface area contributed by atoms with Crippen LogP contribution in [0.1, 0.15) is 11.1 Å². The Kier molecular flexibility index (Phi) is 8.42. The molecule has 2 aromatic rings. The van der Waals surface area contributed by atoms with Crippen molar-refractivity contribution >= 4 is 34.9 Å². The van der Waals surface area contributed by atoms with Gasteiger partial charge in [0.05, 0.1) is 39.8 Å². The second kappa shape index (κ2) is 11.5. The molecule has 0 spiro atoms. The number of thioether (sulfide) groups is 1. The van der Waals surface area contributed by atoms with Gasteiger partial charge in [-0.2, -0.15) is 0 Å². The first kappa shape index (κ1) is 25.0. The zero-order chi connectivity index (χ0) is 24.7. The van der Waals surface area contributed by atoms with Crippen molar-refractivity contribution in [1.29, 1.82) is 0 Å². The molecule has 1 N–H and O–H groups in total. The third-order valence-corrected chi connectivity index (χ3v) is 5.97. The van der Waals surface area contributed by atoms with E-state index in [-0.39, 0.29) is 30.3 Å². The molecule has 3 rings (SSSR count). The standard InChI is InChI=1S/C24H26N2O7S/c1-30-17-8-6-5-7-16(17)14-21(27)25-9-10-26-23(28)20(34-24(26)29)13-15-11-18(31-2)22(33-4)19(12-15)32-3/h5-8,11-13H,9-10,14H2,1-4H3,(H,25,27). The predicted molar refractivity (Wildman–Crippen MR) is 128 cm³/mol. The molecule has 0 aliphatic carbocycles. The second-order valence-corrected chi connectivity index (χ2v) is 8.12. The Morgan fingerprint density at radius 3 is 2.24 bits per heavy atom. The van der Waals surface area contributed by atoms with Crippen molar-refractivity contribution in [2.45, 2.75) is 6.42 Å². The van der Waals surface area contributed by atoms with Crippen LogP contribution in [0, 0.1) is 0 Å². The molecule has 2 aromatic carbocycles. The molecule has 0 bridgehead atoms. The van der Waals surface area contributed by atoms with Gasteiger partial charge in [0.1, 0.15) is 5.75 Å². The third-order valence-electron chi connectivity index (χ3n) is 5.06. The summed E-state index contributed by atoms with van der Waals surface area (Å²) < 4.78 is 21.2. The zero-order valence-corrected chi connectivity index (χ0v) is 20.2. The molecule has 0 unspecified atom stereocenters. The number of hydrogen-bond acceptors (Lipinski definition) is 8. The molecule has 1 fully saturated rings. The normalized spacial score (nSPS) is 14.4. The lowest BCUT2D eigenvalue weighted by Crippen LogP contribution is -2.37. The highest BCUT2D eigenvalue weighted by molar-refractivity contribution is 8.18. The molecule has 3 amide bonds. The smallest absolute Gasteiger partial charge is 0.293 e. The summed E-state index contributed by atoms with van der Waals surface area (Å²) in [5, 5.41) is 2.34. The van der Waals surface area contributed by atoms with Crippen LogP contribution in [0.2, 0.25) is 0 Å². The summed E-state index contributed by atoms with van der Waals surface area (Å²) in [5.41, 5.74) is 1.37. The Labute approximate surface area is 202 Å². The maximum absolute atomic E-state index is 12.8. The molecule has 180 valence electrons. The summed E-state index contributed by atoms with van der Waals surface area (Å²) >= 11 is 0.836. The van der Waals surface area contributed by atoms with Crippen LogP contribution >= 0.6 is 11.8 Å². The molecule has 0 saturated carbocycles. The molecule has 1 heterocycles. The quantitative estimate of drug-likeness (QED) is 0.511. The Hall–Kier alpha value is -3.66. The first-order valence-electron chi connectivity index (χ1n) is 10.4. The number of imide groups is 1. The summed E-state index contributed by atoms with van der Waals surface area (Å²) in [5.74, 6) is 1.27. The van der Waals surface area contributed by atoms with E-state index in [1.165, 1.54) is 21.3 Å². The van der Waals surface area contributed by atoms with E-state index in [0.717, 1.165) is 22.2 Å². The number of ether oxygens (including phenoxy) is 4. The summed E-state index contributed by atoms with van der Waals surface area (Å²) in [6, 6.07) is 10.6. The maximum Gasteiger partial charge on any atom is 0.293 e. The van der Waals surface area contributed by atoms with Gasteiger partial charge in [0.25, 0.3) is 11.1 Å². The molecular weight excluding hydrogens is 460 g/mol. The monoisotopic (exact) mass is 486 g/mol. The fourth-order valence-corrected chi connectivity index (χ4v) is 4.29. The average Bonchev–Trinajstić information content (AvgIpc) is 3.10. The minimum atomic E-state index is -0.428. The molecule has 1 aliphatic rings.